The second-order valence-corrected chi connectivity index (χ2v) is 9.07. The van der Waals surface area contributed by atoms with Crippen molar-refractivity contribution in [2.75, 3.05) is 5.32 Å². The molecule has 178 valence electrons. The molecule has 0 radical (unpaired) electrons. The fraction of sp³-hybridized carbons (Fsp3) is 0.120. The molecule has 0 bridgehead atoms. The van der Waals surface area contributed by atoms with Gasteiger partial charge < -0.3 is 5.32 Å². The van der Waals surface area contributed by atoms with Gasteiger partial charge in [-0.1, -0.05) is 52.3 Å². The lowest BCUT2D eigenvalue weighted by Crippen LogP contribution is -2.49. The Morgan fingerprint density at radius 3 is 2.40 bits per heavy atom. The molecule has 0 unspecified atom stereocenters. The Labute approximate surface area is 215 Å². The maximum Gasteiger partial charge on any atom is 0.269 e. The minimum atomic E-state index is -1.07. The number of amides is 3. The lowest BCUT2D eigenvalue weighted by atomic mass is 10.1. The van der Waals surface area contributed by atoms with Gasteiger partial charge in [0.1, 0.15) is 11.9 Å². The van der Waals surface area contributed by atoms with E-state index in [1.54, 1.807) is 24.3 Å². The van der Waals surface area contributed by atoms with Gasteiger partial charge in [-0.3, -0.25) is 24.7 Å². The average molecular weight is 555 g/mol. The maximum absolute atomic E-state index is 13.6. The highest BCUT2D eigenvalue weighted by molar-refractivity contribution is 9.10. The van der Waals surface area contributed by atoms with Crippen molar-refractivity contribution in [3.8, 4) is 0 Å². The fourth-order valence-electron chi connectivity index (χ4n) is 3.59. The van der Waals surface area contributed by atoms with Gasteiger partial charge in [-0.2, -0.15) is 0 Å². The molecule has 0 aromatic heterocycles. The van der Waals surface area contributed by atoms with Crippen LogP contribution in [0.3, 0.4) is 0 Å². The third-order valence-electron chi connectivity index (χ3n) is 5.30. The van der Waals surface area contributed by atoms with Gasteiger partial charge in [0.05, 0.1) is 13.0 Å². The van der Waals surface area contributed by atoms with Crippen LogP contribution in [0.5, 0.6) is 0 Å². The largest absolute Gasteiger partial charge is 0.326 e. The molecule has 3 aromatic rings. The van der Waals surface area contributed by atoms with Crippen molar-refractivity contribution in [3.05, 3.63) is 100 Å². The SMILES string of the molecule is O=C(C[C@H]1C(=O)N(Cc2ccccc2)C(=S)N1NC(=O)c1cccc(F)c1)Nc1ccc(Br)cc1. The normalized spacial score (nSPS) is 15.3. The summed E-state index contributed by atoms with van der Waals surface area (Å²) in [7, 11) is 0. The highest BCUT2D eigenvalue weighted by Crippen LogP contribution is 2.23. The van der Waals surface area contributed by atoms with E-state index in [9.17, 15) is 18.8 Å². The van der Waals surface area contributed by atoms with E-state index in [1.807, 2.05) is 30.3 Å². The number of anilines is 1. The van der Waals surface area contributed by atoms with Crippen LogP contribution >= 0.6 is 28.1 Å². The number of hydrogen-bond acceptors (Lipinski definition) is 4. The number of hydrogen-bond donors (Lipinski definition) is 2. The lowest BCUT2D eigenvalue weighted by molar-refractivity contribution is -0.131. The zero-order chi connectivity index (χ0) is 24.9. The number of nitrogens with zero attached hydrogens (tertiary/aromatic N) is 2. The van der Waals surface area contributed by atoms with Crippen LogP contribution in [0.1, 0.15) is 22.3 Å². The van der Waals surface area contributed by atoms with Crippen molar-refractivity contribution in [1.29, 1.82) is 0 Å². The number of hydrazine groups is 1. The van der Waals surface area contributed by atoms with E-state index in [-0.39, 0.29) is 23.6 Å². The van der Waals surface area contributed by atoms with E-state index in [1.165, 1.54) is 28.1 Å². The molecule has 1 aliphatic heterocycles. The number of halogens is 2. The van der Waals surface area contributed by atoms with Crippen LogP contribution in [-0.2, 0) is 16.1 Å². The molecule has 3 amide bonds. The molecule has 10 heteroatoms. The molecular weight excluding hydrogens is 535 g/mol. The summed E-state index contributed by atoms with van der Waals surface area (Å²) in [6, 6.07) is 20.3. The summed E-state index contributed by atoms with van der Waals surface area (Å²) in [6.07, 6.45) is -0.260. The Kier molecular flexibility index (Phi) is 7.52. The third-order valence-corrected chi connectivity index (χ3v) is 6.24. The van der Waals surface area contributed by atoms with Gasteiger partial charge >= 0.3 is 0 Å². The summed E-state index contributed by atoms with van der Waals surface area (Å²) in [5, 5.41) is 4.00. The van der Waals surface area contributed by atoms with Gasteiger partial charge in [0, 0.05) is 15.7 Å². The van der Waals surface area contributed by atoms with Gasteiger partial charge in [-0.15, -0.1) is 0 Å². The number of carbonyl (C=O) groups is 3. The topological polar surface area (TPSA) is 81.8 Å². The number of nitrogens with one attached hydrogen (secondary N) is 2. The summed E-state index contributed by atoms with van der Waals surface area (Å²) in [5.41, 5.74) is 4.03. The predicted molar refractivity (Wildman–Crippen MR) is 136 cm³/mol. The second kappa shape index (κ2) is 10.7. The molecule has 0 spiro atoms. The van der Waals surface area contributed by atoms with Crippen molar-refractivity contribution in [2.45, 2.75) is 19.0 Å². The van der Waals surface area contributed by atoms with E-state index < -0.39 is 29.6 Å². The van der Waals surface area contributed by atoms with Crippen LogP contribution in [0.2, 0.25) is 0 Å². The smallest absolute Gasteiger partial charge is 0.269 e. The Morgan fingerprint density at radius 1 is 1.00 bits per heavy atom. The van der Waals surface area contributed by atoms with Crippen molar-refractivity contribution >= 4 is 56.7 Å². The molecule has 0 saturated carbocycles. The Balaban J connectivity index is 1.56. The molecule has 1 fully saturated rings. The maximum atomic E-state index is 13.6. The Bertz CT molecular complexity index is 1270. The summed E-state index contributed by atoms with van der Waals surface area (Å²) in [6.45, 7) is 0.176. The number of carbonyl (C=O) groups excluding carboxylic acids is 3. The monoisotopic (exact) mass is 554 g/mol. The number of benzene rings is 3. The quantitative estimate of drug-likeness (QED) is 0.426. The van der Waals surface area contributed by atoms with Crippen LogP contribution in [-0.4, -0.2) is 38.8 Å². The van der Waals surface area contributed by atoms with Crippen LogP contribution in [0, 0.1) is 5.82 Å². The van der Waals surface area contributed by atoms with Gasteiger partial charge in [-0.25, -0.2) is 9.40 Å². The molecule has 7 nitrogen and oxygen atoms in total. The summed E-state index contributed by atoms with van der Waals surface area (Å²) in [4.78, 5) is 40.3. The third kappa shape index (κ3) is 5.90. The molecule has 1 saturated heterocycles. The average Bonchev–Trinajstić information content (AvgIpc) is 3.05. The lowest BCUT2D eigenvalue weighted by Gasteiger charge is -2.24. The van der Waals surface area contributed by atoms with Gasteiger partial charge in [-0.05, 0) is 60.2 Å². The minimum absolute atomic E-state index is 0.0463. The standard InChI is InChI=1S/C25H20BrFN4O3S/c26-18-9-11-20(12-10-18)28-22(32)14-21-24(34)30(15-16-5-2-1-3-6-16)25(35)31(21)29-23(33)17-7-4-8-19(27)13-17/h1-13,21H,14-15H2,(H,28,32)(H,29,33)/t21-/m0/s1. The summed E-state index contributed by atoms with van der Waals surface area (Å²) >= 11 is 8.85. The van der Waals surface area contributed by atoms with E-state index in [4.69, 9.17) is 12.2 Å². The highest BCUT2D eigenvalue weighted by Gasteiger charge is 2.44. The molecule has 4 rings (SSSR count). The molecule has 1 heterocycles. The van der Waals surface area contributed by atoms with E-state index in [0.717, 1.165) is 16.1 Å². The molecule has 1 atom stereocenters. The molecule has 35 heavy (non-hydrogen) atoms. The molecular formula is C25H20BrFN4O3S. The van der Waals surface area contributed by atoms with E-state index in [2.05, 4.69) is 26.7 Å². The first-order valence-electron chi connectivity index (χ1n) is 10.6. The van der Waals surface area contributed by atoms with E-state index in [0.29, 0.717) is 5.69 Å². The number of thiocarbonyl (C=S) groups is 1. The number of rotatable bonds is 7. The molecule has 0 aliphatic carbocycles. The first kappa shape index (κ1) is 24.5. The van der Waals surface area contributed by atoms with Crippen molar-refractivity contribution in [1.82, 2.24) is 15.3 Å². The van der Waals surface area contributed by atoms with E-state index >= 15 is 0 Å². The molecule has 3 aromatic carbocycles. The molecule has 1 aliphatic rings. The van der Waals surface area contributed by atoms with Gasteiger partial charge in [0.15, 0.2) is 5.11 Å². The summed E-state index contributed by atoms with van der Waals surface area (Å²) < 4.78 is 14.5. The summed E-state index contributed by atoms with van der Waals surface area (Å²) in [5.74, 6) is -2.09. The van der Waals surface area contributed by atoms with Gasteiger partial charge in [0.2, 0.25) is 5.91 Å². The first-order valence-corrected chi connectivity index (χ1v) is 11.8. The van der Waals surface area contributed by atoms with Crippen LogP contribution < -0.4 is 10.7 Å². The van der Waals surface area contributed by atoms with Crippen LogP contribution in [0.4, 0.5) is 10.1 Å². The fourth-order valence-corrected chi connectivity index (χ4v) is 4.18. The van der Waals surface area contributed by atoms with Crippen LogP contribution in [0.15, 0.2) is 83.3 Å². The minimum Gasteiger partial charge on any atom is -0.326 e. The van der Waals surface area contributed by atoms with Gasteiger partial charge in [0.25, 0.3) is 11.8 Å². The van der Waals surface area contributed by atoms with Crippen LogP contribution in [0.25, 0.3) is 0 Å². The Morgan fingerprint density at radius 2 is 1.71 bits per heavy atom. The first-order chi connectivity index (χ1) is 16.8. The zero-order valence-corrected chi connectivity index (χ0v) is 20.7. The zero-order valence-electron chi connectivity index (χ0n) is 18.3. The van der Waals surface area contributed by atoms with Crippen molar-refractivity contribution in [2.24, 2.45) is 0 Å². The highest BCUT2D eigenvalue weighted by atomic mass is 79.9. The molecule has 2 N–H and O–H groups in total. The Hall–Kier alpha value is -3.63. The predicted octanol–water partition coefficient (Wildman–Crippen LogP) is 4.26. The van der Waals surface area contributed by atoms with Crippen molar-refractivity contribution < 1.29 is 18.8 Å². The second-order valence-electron chi connectivity index (χ2n) is 7.79. The van der Waals surface area contributed by atoms with Crippen molar-refractivity contribution in [3.63, 3.8) is 0 Å².